The van der Waals surface area contributed by atoms with Crippen LogP contribution in [-0.2, 0) is 21.8 Å². The van der Waals surface area contributed by atoms with Crippen molar-refractivity contribution in [3.05, 3.63) is 36.3 Å². The van der Waals surface area contributed by atoms with E-state index in [1.165, 1.54) is 18.6 Å². The van der Waals surface area contributed by atoms with Gasteiger partial charge in [-0.05, 0) is 31.0 Å². The zero-order valence-corrected chi connectivity index (χ0v) is 19.8. The van der Waals surface area contributed by atoms with Crippen molar-refractivity contribution in [2.45, 2.75) is 31.0 Å². The topological polar surface area (TPSA) is 115 Å². The molecule has 0 unspecified atom stereocenters. The fourth-order valence-corrected chi connectivity index (χ4v) is 4.49. The standard InChI is InChI=1S/C21H31N5O5S/c1-14-9-22-15(2)12-31-18-7-6-16(24-32(28,29)20-11-25(3)13-23-20)8-17(18)21(27)26(4)10-19(14)30-5/h6-8,11,13-15,19,22,24H,9-10,12H2,1-5H3/t14-,15-,19-/m0/s1. The van der Waals surface area contributed by atoms with E-state index in [4.69, 9.17) is 9.47 Å². The predicted molar refractivity (Wildman–Crippen MR) is 120 cm³/mol. The largest absolute Gasteiger partial charge is 0.491 e. The van der Waals surface area contributed by atoms with Crippen molar-refractivity contribution in [3.63, 3.8) is 0 Å². The Kier molecular flexibility index (Phi) is 7.42. The van der Waals surface area contributed by atoms with Gasteiger partial charge < -0.3 is 24.3 Å². The summed E-state index contributed by atoms with van der Waals surface area (Å²) in [6, 6.07) is 4.71. The van der Waals surface area contributed by atoms with Gasteiger partial charge in [0.05, 0.1) is 18.0 Å². The molecule has 1 amide bonds. The first-order valence-corrected chi connectivity index (χ1v) is 11.9. The fourth-order valence-electron chi connectivity index (χ4n) is 3.46. The van der Waals surface area contributed by atoms with Crippen LogP contribution in [0.2, 0.25) is 0 Å². The lowest BCUT2D eigenvalue weighted by Crippen LogP contribution is -2.44. The lowest BCUT2D eigenvalue weighted by molar-refractivity contribution is 0.0281. The van der Waals surface area contributed by atoms with Crippen molar-refractivity contribution in [1.29, 1.82) is 0 Å². The number of benzene rings is 1. The van der Waals surface area contributed by atoms with Crippen molar-refractivity contribution in [2.24, 2.45) is 13.0 Å². The Morgan fingerprint density at radius 2 is 2.03 bits per heavy atom. The molecule has 2 N–H and O–H groups in total. The van der Waals surface area contributed by atoms with Crippen molar-refractivity contribution < 1.29 is 22.7 Å². The number of carbonyl (C=O) groups is 1. The number of likely N-dealkylation sites (N-methyl/N-ethyl adjacent to an activating group) is 1. The summed E-state index contributed by atoms with van der Waals surface area (Å²) in [5.41, 5.74) is 0.513. The Labute approximate surface area is 189 Å². The number of rotatable bonds is 4. The number of aromatic nitrogens is 2. The second-order valence-electron chi connectivity index (χ2n) is 8.25. The number of sulfonamides is 1. The van der Waals surface area contributed by atoms with Gasteiger partial charge in [-0.3, -0.25) is 9.52 Å². The van der Waals surface area contributed by atoms with E-state index in [1.807, 2.05) is 6.92 Å². The highest BCUT2D eigenvalue weighted by molar-refractivity contribution is 7.92. The van der Waals surface area contributed by atoms with E-state index in [-0.39, 0.29) is 40.2 Å². The van der Waals surface area contributed by atoms with E-state index in [9.17, 15) is 13.2 Å². The average molecular weight is 466 g/mol. The average Bonchev–Trinajstić information content (AvgIpc) is 3.20. The molecule has 3 atom stereocenters. The molecule has 10 nitrogen and oxygen atoms in total. The van der Waals surface area contributed by atoms with Crippen molar-refractivity contribution in [2.75, 3.05) is 38.6 Å². The van der Waals surface area contributed by atoms with Crippen LogP contribution in [0, 0.1) is 5.92 Å². The number of ether oxygens (including phenoxy) is 2. The van der Waals surface area contributed by atoms with Gasteiger partial charge in [0.25, 0.3) is 15.9 Å². The van der Waals surface area contributed by atoms with Gasteiger partial charge in [0.2, 0.25) is 0 Å². The van der Waals surface area contributed by atoms with Gasteiger partial charge >= 0.3 is 0 Å². The predicted octanol–water partition coefficient (Wildman–Crippen LogP) is 1.31. The fraction of sp³-hybridized carbons (Fsp3) is 0.524. The van der Waals surface area contributed by atoms with E-state index in [0.29, 0.717) is 18.9 Å². The van der Waals surface area contributed by atoms with E-state index in [1.54, 1.807) is 42.8 Å². The number of anilines is 1. The first-order valence-electron chi connectivity index (χ1n) is 10.4. The summed E-state index contributed by atoms with van der Waals surface area (Å²) in [5, 5.41) is 3.32. The number of hydrogen-bond acceptors (Lipinski definition) is 7. The highest BCUT2D eigenvalue weighted by Gasteiger charge is 2.26. The minimum absolute atomic E-state index is 0.0531. The van der Waals surface area contributed by atoms with Crippen LogP contribution in [-0.4, -0.2) is 74.8 Å². The number of carbonyl (C=O) groups excluding carboxylic acids is 1. The van der Waals surface area contributed by atoms with Crippen LogP contribution in [0.5, 0.6) is 5.75 Å². The van der Waals surface area contributed by atoms with Gasteiger partial charge in [0.1, 0.15) is 12.4 Å². The van der Waals surface area contributed by atoms with Gasteiger partial charge in [0.15, 0.2) is 5.03 Å². The number of aryl methyl sites for hydroxylation is 1. The molecular formula is C21H31N5O5S. The van der Waals surface area contributed by atoms with E-state index < -0.39 is 10.0 Å². The SMILES string of the molecule is CO[C@H]1CN(C)C(=O)c2cc(NS(=O)(=O)c3cn(C)cn3)ccc2OC[C@H](C)NC[C@@H]1C. The molecule has 0 saturated heterocycles. The Hall–Kier alpha value is -2.63. The minimum Gasteiger partial charge on any atom is -0.491 e. The molecule has 176 valence electrons. The van der Waals surface area contributed by atoms with E-state index >= 15 is 0 Å². The third-order valence-electron chi connectivity index (χ3n) is 5.43. The van der Waals surface area contributed by atoms with Gasteiger partial charge in [0, 0.05) is 52.2 Å². The molecule has 0 aliphatic carbocycles. The van der Waals surface area contributed by atoms with Crippen LogP contribution in [0.25, 0.3) is 0 Å². The number of imidazole rings is 1. The van der Waals surface area contributed by atoms with Gasteiger partial charge in [-0.15, -0.1) is 0 Å². The van der Waals surface area contributed by atoms with Crippen LogP contribution < -0.4 is 14.8 Å². The maximum atomic E-state index is 13.3. The van der Waals surface area contributed by atoms with Gasteiger partial charge in [-0.25, -0.2) is 4.98 Å². The summed E-state index contributed by atoms with van der Waals surface area (Å²) < 4.78 is 40.9. The molecule has 1 aromatic heterocycles. The minimum atomic E-state index is -3.90. The summed E-state index contributed by atoms with van der Waals surface area (Å²) in [6.07, 6.45) is 2.65. The van der Waals surface area contributed by atoms with Crippen molar-refractivity contribution in [3.8, 4) is 5.75 Å². The van der Waals surface area contributed by atoms with Crippen LogP contribution in [0.15, 0.2) is 35.7 Å². The monoisotopic (exact) mass is 465 g/mol. The highest BCUT2D eigenvalue weighted by atomic mass is 32.2. The summed E-state index contributed by atoms with van der Waals surface area (Å²) in [5.74, 6) is 0.279. The Balaban J connectivity index is 1.93. The first kappa shape index (κ1) is 24.0. The molecule has 2 heterocycles. The van der Waals surface area contributed by atoms with Gasteiger partial charge in [-0.1, -0.05) is 6.92 Å². The van der Waals surface area contributed by atoms with E-state index in [2.05, 4.69) is 21.9 Å². The van der Waals surface area contributed by atoms with Crippen LogP contribution >= 0.6 is 0 Å². The quantitative estimate of drug-likeness (QED) is 0.700. The van der Waals surface area contributed by atoms with Crippen molar-refractivity contribution in [1.82, 2.24) is 19.8 Å². The third-order valence-corrected chi connectivity index (χ3v) is 6.70. The zero-order valence-electron chi connectivity index (χ0n) is 19.0. The molecule has 11 heteroatoms. The third kappa shape index (κ3) is 5.59. The summed E-state index contributed by atoms with van der Waals surface area (Å²) in [6.45, 7) is 5.54. The van der Waals surface area contributed by atoms with Crippen LogP contribution in [0.1, 0.15) is 24.2 Å². The number of methoxy groups -OCH3 is 1. The molecule has 32 heavy (non-hydrogen) atoms. The molecule has 1 aromatic carbocycles. The maximum Gasteiger partial charge on any atom is 0.280 e. The maximum absolute atomic E-state index is 13.3. The molecule has 1 aliphatic heterocycles. The Bertz CT molecular complexity index is 1050. The molecule has 0 saturated carbocycles. The number of nitrogens with one attached hydrogen (secondary N) is 2. The number of hydrogen-bond donors (Lipinski definition) is 2. The summed E-state index contributed by atoms with van der Waals surface area (Å²) in [4.78, 5) is 18.7. The second-order valence-corrected chi connectivity index (χ2v) is 9.88. The highest BCUT2D eigenvalue weighted by Crippen LogP contribution is 2.27. The first-order chi connectivity index (χ1) is 15.1. The smallest absolute Gasteiger partial charge is 0.280 e. The number of nitrogens with zero attached hydrogens (tertiary/aromatic N) is 3. The van der Waals surface area contributed by atoms with E-state index in [0.717, 1.165) is 6.54 Å². The van der Waals surface area contributed by atoms with Crippen molar-refractivity contribution >= 4 is 21.6 Å². The normalized spacial score (nSPS) is 23.0. The molecule has 0 fully saturated rings. The second kappa shape index (κ2) is 9.88. The lowest BCUT2D eigenvalue weighted by atomic mass is 10.0. The molecule has 1 aliphatic rings. The summed E-state index contributed by atoms with van der Waals surface area (Å²) in [7, 11) is 1.11. The Morgan fingerprint density at radius 1 is 1.28 bits per heavy atom. The van der Waals surface area contributed by atoms with Crippen LogP contribution in [0.3, 0.4) is 0 Å². The molecule has 0 radical (unpaired) electrons. The van der Waals surface area contributed by atoms with Gasteiger partial charge in [-0.2, -0.15) is 8.42 Å². The van der Waals surface area contributed by atoms with Crippen LogP contribution in [0.4, 0.5) is 5.69 Å². The molecule has 2 aromatic rings. The molecule has 0 bridgehead atoms. The Morgan fingerprint density at radius 3 is 2.69 bits per heavy atom. The molecular weight excluding hydrogens is 434 g/mol. The zero-order chi connectivity index (χ0) is 23.5. The summed E-state index contributed by atoms with van der Waals surface area (Å²) >= 11 is 0. The number of fused-ring (bicyclic) bond motifs is 1. The number of amides is 1. The molecule has 3 rings (SSSR count). The molecule has 0 spiro atoms. The lowest BCUT2D eigenvalue weighted by Gasteiger charge is -2.30.